The molecule has 19 heavy (non-hydrogen) atoms. The van der Waals surface area contributed by atoms with Gasteiger partial charge in [0.1, 0.15) is 0 Å². The van der Waals surface area contributed by atoms with E-state index in [0.29, 0.717) is 5.92 Å². The smallest absolute Gasteiger partial charge is 0.241 e. The summed E-state index contributed by atoms with van der Waals surface area (Å²) in [7, 11) is 1.72. The number of rotatable bonds is 7. The van der Waals surface area contributed by atoms with Gasteiger partial charge in [0.25, 0.3) is 0 Å². The van der Waals surface area contributed by atoms with E-state index in [1.807, 2.05) is 4.90 Å². The first-order valence-electron chi connectivity index (χ1n) is 7.32. The Bertz CT molecular complexity index is 303. The average molecular weight is 270 g/mol. The minimum atomic E-state index is -0.00627. The molecular weight excluding hydrogens is 240 g/mol. The Labute approximate surface area is 117 Å². The zero-order valence-corrected chi connectivity index (χ0v) is 13.3. The minimum absolute atomic E-state index is 0.00627. The molecule has 2 atom stereocenters. The molecule has 1 amide bonds. The van der Waals surface area contributed by atoms with Crippen molar-refractivity contribution in [2.24, 2.45) is 11.3 Å². The topological polar surface area (TPSA) is 41.6 Å². The van der Waals surface area contributed by atoms with Crippen LogP contribution >= 0.6 is 0 Å². The highest BCUT2D eigenvalue weighted by molar-refractivity contribution is 5.84. The molecule has 1 saturated heterocycles. The molecule has 1 fully saturated rings. The van der Waals surface area contributed by atoms with E-state index in [4.69, 9.17) is 4.74 Å². The highest BCUT2D eigenvalue weighted by Crippen LogP contribution is 2.26. The molecule has 0 saturated carbocycles. The number of nitrogens with zero attached hydrogens (tertiary/aromatic N) is 1. The highest BCUT2D eigenvalue weighted by Gasteiger charge is 2.38. The Morgan fingerprint density at radius 3 is 2.58 bits per heavy atom. The Morgan fingerprint density at radius 2 is 2.05 bits per heavy atom. The minimum Gasteiger partial charge on any atom is -0.385 e. The summed E-state index contributed by atoms with van der Waals surface area (Å²) in [6, 6.07) is -0.00627. The SMILES string of the molecule is COCCC(C)(C)CN1C(=O)C(CC(C)C)NC1C. The lowest BCUT2D eigenvalue weighted by molar-refractivity contribution is -0.131. The number of methoxy groups -OCH3 is 1. The van der Waals surface area contributed by atoms with Crippen LogP contribution in [-0.2, 0) is 9.53 Å². The van der Waals surface area contributed by atoms with E-state index in [2.05, 4.69) is 39.9 Å². The predicted molar refractivity (Wildman–Crippen MR) is 77.8 cm³/mol. The molecule has 0 aromatic carbocycles. The van der Waals surface area contributed by atoms with Crippen molar-refractivity contribution in [2.45, 2.75) is 59.7 Å². The van der Waals surface area contributed by atoms with Crippen LogP contribution in [0.4, 0.5) is 0 Å². The van der Waals surface area contributed by atoms with Gasteiger partial charge < -0.3 is 9.64 Å². The number of amides is 1. The zero-order chi connectivity index (χ0) is 14.6. The van der Waals surface area contributed by atoms with Crippen LogP contribution in [-0.4, -0.2) is 43.3 Å². The van der Waals surface area contributed by atoms with Crippen LogP contribution < -0.4 is 5.32 Å². The number of nitrogens with one attached hydrogen (secondary N) is 1. The molecule has 4 heteroatoms. The van der Waals surface area contributed by atoms with Gasteiger partial charge in [-0.3, -0.25) is 10.1 Å². The third-order valence-electron chi connectivity index (χ3n) is 3.78. The summed E-state index contributed by atoms with van der Waals surface area (Å²) in [4.78, 5) is 14.4. The molecule has 112 valence electrons. The number of ether oxygens (including phenoxy) is 1. The fourth-order valence-electron chi connectivity index (χ4n) is 2.62. The van der Waals surface area contributed by atoms with Crippen molar-refractivity contribution >= 4 is 5.91 Å². The van der Waals surface area contributed by atoms with Crippen LogP contribution in [0.25, 0.3) is 0 Å². The molecular formula is C15H30N2O2. The first-order valence-corrected chi connectivity index (χ1v) is 7.32. The van der Waals surface area contributed by atoms with E-state index in [-0.39, 0.29) is 23.5 Å². The van der Waals surface area contributed by atoms with Gasteiger partial charge in [0.2, 0.25) is 5.91 Å². The summed E-state index contributed by atoms with van der Waals surface area (Å²) in [5.41, 5.74) is 0.0916. The summed E-state index contributed by atoms with van der Waals surface area (Å²) < 4.78 is 5.15. The van der Waals surface area contributed by atoms with Crippen LogP contribution in [0.3, 0.4) is 0 Å². The first kappa shape index (κ1) is 16.4. The lowest BCUT2D eigenvalue weighted by Crippen LogP contribution is -2.41. The molecule has 0 bridgehead atoms. The molecule has 0 aromatic rings. The number of hydrogen-bond acceptors (Lipinski definition) is 3. The fourth-order valence-corrected chi connectivity index (χ4v) is 2.62. The zero-order valence-electron chi connectivity index (χ0n) is 13.3. The number of hydrogen-bond donors (Lipinski definition) is 1. The Balaban J connectivity index is 2.60. The van der Waals surface area contributed by atoms with Gasteiger partial charge in [0.15, 0.2) is 0 Å². The van der Waals surface area contributed by atoms with Crippen molar-refractivity contribution in [3.05, 3.63) is 0 Å². The predicted octanol–water partition coefficient (Wildman–Crippen LogP) is 2.24. The molecule has 1 heterocycles. The molecule has 0 aromatic heterocycles. The molecule has 0 radical (unpaired) electrons. The van der Waals surface area contributed by atoms with Gasteiger partial charge in [0.05, 0.1) is 12.2 Å². The van der Waals surface area contributed by atoms with E-state index >= 15 is 0 Å². The van der Waals surface area contributed by atoms with Crippen molar-refractivity contribution in [1.29, 1.82) is 0 Å². The van der Waals surface area contributed by atoms with E-state index in [9.17, 15) is 4.79 Å². The van der Waals surface area contributed by atoms with Gasteiger partial charge in [0, 0.05) is 20.3 Å². The third kappa shape index (κ3) is 4.77. The quantitative estimate of drug-likeness (QED) is 0.771. The number of carbonyl (C=O) groups is 1. The normalized spacial score (nSPS) is 24.6. The summed E-state index contributed by atoms with van der Waals surface area (Å²) in [6.07, 6.45) is 2.02. The Kier molecular flexibility index (Phi) is 5.81. The molecule has 1 aliphatic rings. The van der Waals surface area contributed by atoms with Crippen LogP contribution in [0, 0.1) is 11.3 Å². The number of carbonyl (C=O) groups excluding carboxylic acids is 1. The van der Waals surface area contributed by atoms with E-state index in [1.54, 1.807) is 7.11 Å². The first-order chi connectivity index (χ1) is 8.76. The van der Waals surface area contributed by atoms with E-state index in [0.717, 1.165) is 26.0 Å². The largest absolute Gasteiger partial charge is 0.385 e. The van der Waals surface area contributed by atoms with Crippen LogP contribution in [0.5, 0.6) is 0 Å². The van der Waals surface area contributed by atoms with Crippen molar-refractivity contribution in [3.63, 3.8) is 0 Å². The molecule has 2 unspecified atom stereocenters. The van der Waals surface area contributed by atoms with E-state index < -0.39 is 0 Å². The van der Waals surface area contributed by atoms with Gasteiger partial charge in [-0.25, -0.2) is 0 Å². The standard InChI is InChI=1S/C15H30N2O2/c1-11(2)9-13-14(18)17(12(3)16-13)10-15(4,5)7-8-19-6/h11-13,16H,7-10H2,1-6H3. The van der Waals surface area contributed by atoms with Crippen LogP contribution in [0.2, 0.25) is 0 Å². The molecule has 1 aliphatic heterocycles. The second-order valence-corrected chi connectivity index (χ2v) is 6.90. The Morgan fingerprint density at radius 1 is 1.42 bits per heavy atom. The summed E-state index contributed by atoms with van der Waals surface area (Å²) >= 11 is 0. The second-order valence-electron chi connectivity index (χ2n) is 6.90. The maximum atomic E-state index is 12.4. The fraction of sp³-hybridized carbons (Fsp3) is 0.933. The molecule has 1 N–H and O–H groups in total. The third-order valence-corrected chi connectivity index (χ3v) is 3.78. The lowest BCUT2D eigenvalue weighted by atomic mass is 9.89. The van der Waals surface area contributed by atoms with Crippen molar-refractivity contribution in [3.8, 4) is 0 Å². The molecule has 0 aliphatic carbocycles. The van der Waals surface area contributed by atoms with Gasteiger partial charge >= 0.3 is 0 Å². The lowest BCUT2D eigenvalue weighted by Gasteiger charge is -2.32. The molecule has 1 rings (SSSR count). The maximum Gasteiger partial charge on any atom is 0.241 e. The van der Waals surface area contributed by atoms with Crippen molar-refractivity contribution in [2.75, 3.05) is 20.3 Å². The second kappa shape index (κ2) is 6.71. The summed E-state index contributed by atoms with van der Waals surface area (Å²) in [6.45, 7) is 12.3. The van der Waals surface area contributed by atoms with Crippen LogP contribution in [0.1, 0.15) is 47.5 Å². The summed E-state index contributed by atoms with van der Waals surface area (Å²) in [5.74, 6) is 0.793. The van der Waals surface area contributed by atoms with Gasteiger partial charge in [-0.05, 0) is 31.1 Å². The van der Waals surface area contributed by atoms with Crippen LogP contribution in [0.15, 0.2) is 0 Å². The van der Waals surface area contributed by atoms with Crippen molar-refractivity contribution in [1.82, 2.24) is 10.2 Å². The average Bonchev–Trinajstić information content (AvgIpc) is 2.53. The van der Waals surface area contributed by atoms with Gasteiger partial charge in [-0.15, -0.1) is 0 Å². The monoisotopic (exact) mass is 270 g/mol. The van der Waals surface area contributed by atoms with Gasteiger partial charge in [-0.2, -0.15) is 0 Å². The Hall–Kier alpha value is -0.610. The van der Waals surface area contributed by atoms with Gasteiger partial charge in [-0.1, -0.05) is 27.7 Å². The van der Waals surface area contributed by atoms with Crippen molar-refractivity contribution < 1.29 is 9.53 Å². The maximum absolute atomic E-state index is 12.4. The summed E-state index contributed by atoms with van der Waals surface area (Å²) in [5, 5.41) is 3.41. The molecule has 4 nitrogen and oxygen atoms in total. The van der Waals surface area contributed by atoms with E-state index in [1.165, 1.54) is 0 Å². The highest BCUT2D eigenvalue weighted by atomic mass is 16.5. The molecule has 0 spiro atoms.